The van der Waals surface area contributed by atoms with E-state index in [0.29, 0.717) is 12.6 Å². The minimum absolute atomic E-state index is 0.0963. The number of rotatable bonds is 8. The number of nitrogens with zero attached hydrogens (tertiary/aromatic N) is 5. The lowest BCUT2D eigenvalue weighted by Crippen LogP contribution is -2.49. The van der Waals surface area contributed by atoms with Crippen LogP contribution >= 0.6 is 11.3 Å². The third-order valence-electron chi connectivity index (χ3n) is 6.59. The Morgan fingerprint density at radius 1 is 1.15 bits per heavy atom. The van der Waals surface area contributed by atoms with E-state index in [4.69, 9.17) is 10.1 Å². The Bertz CT molecular complexity index is 1110. The summed E-state index contributed by atoms with van der Waals surface area (Å²) in [6.07, 6.45) is 5.69. The van der Waals surface area contributed by atoms with Gasteiger partial charge in [-0.1, -0.05) is 31.1 Å². The number of hydrogen-bond acceptors (Lipinski definition) is 7. The molecule has 34 heavy (non-hydrogen) atoms. The molecule has 0 atom stereocenters. The van der Waals surface area contributed by atoms with Crippen LogP contribution in [0.1, 0.15) is 39.0 Å². The molecule has 0 unspecified atom stereocenters. The maximum absolute atomic E-state index is 13.5. The van der Waals surface area contributed by atoms with Crippen LogP contribution in [0, 0.1) is 5.82 Å². The van der Waals surface area contributed by atoms with Gasteiger partial charge in [-0.2, -0.15) is 4.52 Å². The van der Waals surface area contributed by atoms with Gasteiger partial charge in [0.25, 0.3) is 0 Å². The number of carbonyl (C=O) groups is 1. The molecule has 1 aliphatic carbocycles. The minimum atomic E-state index is -0.252. The standard InChI is InChI=1S/C24H32FN7OS/c1-2-11-26-20(33)16-30-12-14-31(15-13-30)24-29-32-22(27-19-5-3-4-6-19)21(28-23(32)34-24)17-7-9-18(25)10-8-17/h7-10,19,27H,2-6,11-16H2,1H3,(H,26,33). The summed E-state index contributed by atoms with van der Waals surface area (Å²) in [6, 6.07) is 6.91. The Labute approximate surface area is 203 Å². The Kier molecular flexibility index (Phi) is 6.96. The monoisotopic (exact) mass is 485 g/mol. The summed E-state index contributed by atoms with van der Waals surface area (Å²) >= 11 is 1.58. The second-order valence-electron chi connectivity index (χ2n) is 9.13. The van der Waals surface area contributed by atoms with E-state index in [1.165, 1.54) is 25.0 Å². The summed E-state index contributed by atoms with van der Waals surface area (Å²) in [5, 5.41) is 12.5. The lowest BCUT2D eigenvalue weighted by Gasteiger charge is -2.33. The van der Waals surface area contributed by atoms with Crippen molar-refractivity contribution < 1.29 is 9.18 Å². The number of hydrogen-bond donors (Lipinski definition) is 2. The SMILES string of the molecule is CCCNC(=O)CN1CCN(c2nn3c(NC4CCCC4)c(-c4ccc(F)cc4)nc3s2)CC1. The molecule has 8 nitrogen and oxygen atoms in total. The zero-order valence-corrected chi connectivity index (χ0v) is 20.4. The van der Waals surface area contributed by atoms with Crippen molar-refractivity contribution in [2.45, 2.75) is 45.1 Å². The lowest BCUT2D eigenvalue weighted by molar-refractivity contribution is -0.122. The van der Waals surface area contributed by atoms with E-state index in [0.717, 1.165) is 79.2 Å². The van der Waals surface area contributed by atoms with Crippen molar-refractivity contribution in [2.75, 3.05) is 49.5 Å². The fourth-order valence-corrected chi connectivity index (χ4v) is 5.64. The number of benzene rings is 1. The molecule has 10 heteroatoms. The first-order chi connectivity index (χ1) is 16.6. The third kappa shape index (κ3) is 5.02. The molecule has 1 aromatic carbocycles. The number of amides is 1. The largest absolute Gasteiger partial charge is 0.365 e. The molecule has 0 radical (unpaired) electrons. The Balaban J connectivity index is 1.33. The zero-order valence-electron chi connectivity index (χ0n) is 19.6. The van der Waals surface area contributed by atoms with Crippen LogP contribution in [0.4, 0.5) is 15.3 Å². The molecule has 3 aromatic rings. The maximum atomic E-state index is 13.5. The predicted molar refractivity (Wildman–Crippen MR) is 134 cm³/mol. The Morgan fingerprint density at radius 3 is 2.59 bits per heavy atom. The molecular formula is C24H32FN7OS. The van der Waals surface area contributed by atoms with Gasteiger partial charge < -0.3 is 15.5 Å². The van der Waals surface area contributed by atoms with E-state index in [-0.39, 0.29) is 11.7 Å². The van der Waals surface area contributed by atoms with Gasteiger partial charge in [-0.15, -0.1) is 5.10 Å². The van der Waals surface area contributed by atoms with E-state index in [1.807, 2.05) is 4.52 Å². The van der Waals surface area contributed by atoms with Crippen LogP contribution < -0.4 is 15.5 Å². The Hall–Kier alpha value is -2.72. The summed E-state index contributed by atoms with van der Waals surface area (Å²) in [7, 11) is 0. The first-order valence-electron chi connectivity index (χ1n) is 12.3. The van der Waals surface area contributed by atoms with Gasteiger partial charge in [0, 0.05) is 44.3 Å². The molecule has 0 bridgehead atoms. The first-order valence-corrected chi connectivity index (χ1v) is 13.1. The molecule has 1 saturated carbocycles. The average molecular weight is 486 g/mol. The fourth-order valence-electron chi connectivity index (χ4n) is 4.69. The van der Waals surface area contributed by atoms with Crippen LogP contribution in [-0.2, 0) is 4.79 Å². The van der Waals surface area contributed by atoms with Crippen molar-refractivity contribution in [2.24, 2.45) is 0 Å². The highest BCUT2D eigenvalue weighted by Gasteiger charge is 2.26. The van der Waals surface area contributed by atoms with Crippen LogP contribution in [0.2, 0.25) is 0 Å². The quantitative estimate of drug-likeness (QED) is 0.508. The van der Waals surface area contributed by atoms with Gasteiger partial charge in [0.1, 0.15) is 11.5 Å². The summed E-state index contributed by atoms with van der Waals surface area (Å²) in [5.41, 5.74) is 1.70. The van der Waals surface area contributed by atoms with Crippen molar-refractivity contribution in [3.05, 3.63) is 30.1 Å². The summed E-state index contributed by atoms with van der Waals surface area (Å²) in [5.74, 6) is 0.735. The van der Waals surface area contributed by atoms with Crippen LogP contribution in [0.25, 0.3) is 16.2 Å². The van der Waals surface area contributed by atoms with Gasteiger partial charge in [0.15, 0.2) is 5.82 Å². The average Bonchev–Trinajstić information content (AvgIpc) is 3.57. The highest BCUT2D eigenvalue weighted by Crippen LogP contribution is 2.35. The molecule has 182 valence electrons. The van der Waals surface area contributed by atoms with E-state index in [1.54, 1.807) is 23.5 Å². The number of imidazole rings is 1. The number of fused-ring (bicyclic) bond motifs is 1. The van der Waals surface area contributed by atoms with Crippen LogP contribution in [0.3, 0.4) is 0 Å². The maximum Gasteiger partial charge on any atom is 0.234 e. The highest BCUT2D eigenvalue weighted by molar-refractivity contribution is 7.20. The third-order valence-corrected chi connectivity index (χ3v) is 7.56. The minimum Gasteiger partial charge on any atom is -0.365 e. The molecule has 3 heterocycles. The van der Waals surface area contributed by atoms with Crippen molar-refractivity contribution >= 4 is 33.2 Å². The number of halogens is 1. The van der Waals surface area contributed by atoms with Gasteiger partial charge in [0.05, 0.1) is 6.54 Å². The van der Waals surface area contributed by atoms with Crippen molar-refractivity contribution in [1.82, 2.24) is 24.8 Å². The smallest absolute Gasteiger partial charge is 0.234 e. The summed E-state index contributed by atoms with van der Waals surface area (Å²) < 4.78 is 15.4. The number of aromatic nitrogens is 3. The van der Waals surface area contributed by atoms with Gasteiger partial charge in [-0.05, 0) is 43.5 Å². The summed E-state index contributed by atoms with van der Waals surface area (Å²) in [6.45, 7) is 6.55. The van der Waals surface area contributed by atoms with E-state index in [2.05, 4.69) is 27.4 Å². The van der Waals surface area contributed by atoms with E-state index < -0.39 is 0 Å². The molecule has 2 fully saturated rings. The Morgan fingerprint density at radius 2 is 1.88 bits per heavy atom. The zero-order chi connectivity index (χ0) is 23.5. The second-order valence-corrected chi connectivity index (χ2v) is 10.1. The molecule has 1 saturated heterocycles. The van der Waals surface area contributed by atoms with Crippen LogP contribution in [0.15, 0.2) is 24.3 Å². The highest BCUT2D eigenvalue weighted by atomic mass is 32.1. The van der Waals surface area contributed by atoms with Crippen LogP contribution in [-0.4, -0.2) is 70.7 Å². The van der Waals surface area contributed by atoms with E-state index >= 15 is 0 Å². The second kappa shape index (κ2) is 10.3. The molecule has 5 rings (SSSR count). The number of carbonyl (C=O) groups excluding carboxylic acids is 1. The van der Waals surface area contributed by atoms with Crippen LogP contribution in [0.5, 0.6) is 0 Å². The number of piperazine rings is 1. The first kappa shape index (κ1) is 23.0. The molecule has 2 N–H and O–H groups in total. The van der Waals surface area contributed by atoms with Crippen molar-refractivity contribution in [3.8, 4) is 11.3 Å². The fraction of sp³-hybridized carbons (Fsp3) is 0.542. The van der Waals surface area contributed by atoms with Gasteiger partial charge >= 0.3 is 0 Å². The van der Waals surface area contributed by atoms with Gasteiger partial charge in [-0.3, -0.25) is 9.69 Å². The predicted octanol–water partition coefficient (Wildman–Crippen LogP) is 3.60. The van der Waals surface area contributed by atoms with Crippen molar-refractivity contribution in [3.63, 3.8) is 0 Å². The lowest BCUT2D eigenvalue weighted by atomic mass is 10.1. The molecule has 2 aromatic heterocycles. The van der Waals surface area contributed by atoms with E-state index in [9.17, 15) is 9.18 Å². The molecule has 2 aliphatic rings. The normalized spacial score (nSPS) is 17.5. The van der Waals surface area contributed by atoms with Gasteiger partial charge in [0.2, 0.25) is 16.0 Å². The summed E-state index contributed by atoms with van der Waals surface area (Å²) in [4.78, 5) is 22.2. The molecule has 1 aliphatic heterocycles. The number of nitrogens with one attached hydrogen (secondary N) is 2. The topological polar surface area (TPSA) is 77.8 Å². The molecular weight excluding hydrogens is 453 g/mol. The molecule has 0 spiro atoms. The van der Waals surface area contributed by atoms with Gasteiger partial charge in [-0.25, -0.2) is 9.37 Å². The molecule has 1 amide bonds. The van der Waals surface area contributed by atoms with Crippen molar-refractivity contribution in [1.29, 1.82) is 0 Å². The number of anilines is 2.